The highest BCUT2D eigenvalue weighted by Gasteiger charge is 2.32. The molecule has 4 atom stereocenters. The van der Waals surface area contributed by atoms with Crippen LogP contribution in [-0.4, -0.2) is 71.1 Å². The zero-order chi connectivity index (χ0) is 41.9. The van der Waals surface area contributed by atoms with E-state index in [1.807, 2.05) is 92.9 Å². The smallest absolute Gasteiger partial charge is 0.326 e. The zero-order valence-electron chi connectivity index (χ0n) is 33.1. The molecular weight excluding hydrogens is 769 g/mol. The molecule has 4 amide bonds. The quantitative estimate of drug-likeness (QED) is 0.125. The lowest BCUT2D eigenvalue weighted by Crippen LogP contribution is -2.59. The number of amides is 4. The number of thiophene rings is 1. The molecule has 7 rings (SSSR count). The third kappa shape index (κ3) is 12.5. The first-order valence-corrected chi connectivity index (χ1v) is 20.3. The van der Waals surface area contributed by atoms with E-state index in [2.05, 4.69) is 21.3 Å². The molecule has 2 aliphatic heterocycles. The number of carboxylic acids is 1. The van der Waals surface area contributed by atoms with Crippen molar-refractivity contribution < 1.29 is 38.6 Å². The maximum absolute atomic E-state index is 14.5. The second-order valence-electron chi connectivity index (χ2n) is 15.4. The number of carbonyl (C=O) groups excluding carboxylic acids is 4. The van der Waals surface area contributed by atoms with Gasteiger partial charge in [-0.2, -0.15) is 0 Å². The van der Waals surface area contributed by atoms with Gasteiger partial charge in [-0.1, -0.05) is 84.9 Å². The van der Waals surface area contributed by atoms with Crippen LogP contribution in [0.3, 0.4) is 0 Å². The first-order chi connectivity index (χ1) is 28.3. The number of fused-ring (bicyclic) bond motifs is 16. The summed E-state index contributed by atoms with van der Waals surface area (Å²) < 4.78 is 11.7. The molecule has 0 aliphatic carbocycles. The second-order valence-corrected chi connectivity index (χ2v) is 16.4. The normalized spacial score (nSPS) is 19.4. The predicted octanol–water partition coefficient (Wildman–Crippen LogP) is 5.28. The highest BCUT2D eigenvalue weighted by molar-refractivity contribution is 7.09. The molecule has 306 valence electrons. The maximum Gasteiger partial charge on any atom is 0.326 e. The van der Waals surface area contributed by atoms with Gasteiger partial charge in [0.2, 0.25) is 17.7 Å². The largest absolute Gasteiger partial charge is 0.488 e. The van der Waals surface area contributed by atoms with Crippen LogP contribution in [0.25, 0.3) is 11.1 Å². The van der Waals surface area contributed by atoms with Crippen LogP contribution < -0.4 is 30.7 Å². The van der Waals surface area contributed by atoms with E-state index in [0.29, 0.717) is 22.6 Å². The average Bonchev–Trinajstić information content (AvgIpc) is 3.73. The molecule has 12 nitrogen and oxygen atoms in total. The Kier molecular flexibility index (Phi) is 13.8. The van der Waals surface area contributed by atoms with E-state index < -0.39 is 66.0 Å². The molecule has 2 aliphatic rings. The van der Waals surface area contributed by atoms with Gasteiger partial charge in [0.15, 0.2) is 6.61 Å². The molecular formula is C46H48N4O8S. The summed E-state index contributed by atoms with van der Waals surface area (Å²) in [6.07, 6.45) is 0.119. The Labute approximate surface area is 347 Å². The summed E-state index contributed by atoms with van der Waals surface area (Å²) in [5.41, 5.74) is 3.51. The molecule has 0 spiro atoms. The van der Waals surface area contributed by atoms with Crippen LogP contribution in [0.2, 0.25) is 0 Å². The molecule has 2 bridgehead atoms. The van der Waals surface area contributed by atoms with E-state index in [0.717, 1.165) is 21.6 Å². The van der Waals surface area contributed by atoms with Crippen LogP contribution in [0.5, 0.6) is 11.5 Å². The van der Waals surface area contributed by atoms with Crippen LogP contribution in [0.1, 0.15) is 42.3 Å². The van der Waals surface area contributed by atoms with Crippen molar-refractivity contribution in [3.05, 3.63) is 142 Å². The predicted molar refractivity (Wildman–Crippen MR) is 225 cm³/mol. The summed E-state index contributed by atoms with van der Waals surface area (Å²) >= 11 is 1.43. The molecule has 0 radical (unpaired) electrons. The van der Waals surface area contributed by atoms with Gasteiger partial charge in [-0.25, -0.2) is 4.79 Å². The van der Waals surface area contributed by atoms with Crippen LogP contribution in [0, 0.1) is 0 Å². The van der Waals surface area contributed by atoms with Gasteiger partial charge in [0.25, 0.3) is 5.91 Å². The number of benzene rings is 4. The van der Waals surface area contributed by atoms with E-state index >= 15 is 0 Å². The van der Waals surface area contributed by atoms with Crippen molar-refractivity contribution in [2.45, 2.75) is 76.2 Å². The van der Waals surface area contributed by atoms with Crippen LogP contribution in [0.15, 0.2) is 121 Å². The number of nitrogens with one attached hydrogen (secondary N) is 4. The molecule has 4 aromatic carbocycles. The van der Waals surface area contributed by atoms with Crippen molar-refractivity contribution >= 4 is 40.9 Å². The maximum atomic E-state index is 14.5. The van der Waals surface area contributed by atoms with Crippen LogP contribution >= 0.6 is 11.3 Å². The number of hydrogen-bond acceptors (Lipinski definition) is 8. The van der Waals surface area contributed by atoms with E-state index in [1.165, 1.54) is 11.3 Å². The van der Waals surface area contributed by atoms with E-state index in [-0.39, 0.29) is 25.7 Å². The lowest BCUT2D eigenvalue weighted by molar-refractivity contribution is -0.142. The Bertz CT molecular complexity index is 2200. The van der Waals surface area contributed by atoms with Gasteiger partial charge in [0, 0.05) is 30.6 Å². The average molecular weight is 817 g/mol. The number of carboxylic acid groups (broad SMARTS) is 1. The van der Waals surface area contributed by atoms with E-state index in [9.17, 15) is 29.1 Å². The molecule has 59 heavy (non-hydrogen) atoms. The van der Waals surface area contributed by atoms with Gasteiger partial charge in [0.1, 0.15) is 41.3 Å². The van der Waals surface area contributed by atoms with Crippen LogP contribution in [0.4, 0.5) is 0 Å². The highest BCUT2D eigenvalue weighted by atomic mass is 32.1. The Morgan fingerprint density at radius 2 is 1.24 bits per heavy atom. The van der Waals surface area contributed by atoms with Gasteiger partial charge >= 0.3 is 5.97 Å². The first kappa shape index (κ1) is 42.1. The third-order valence-corrected chi connectivity index (χ3v) is 10.4. The molecule has 0 saturated heterocycles. The Balaban J connectivity index is 1.34. The second kappa shape index (κ2) is 19.3. The van der Waals surface area contributed by atoms with Gasteiger partial charge < -0.3 is 35.8 Å². The van der Waals surface area contributed by atoms with Crippen LogP contribution in [-0.2, 0) is 49.7 Å². The molecule has 0 saturated carbocycles. The van der Waals surface area contributed by atoms with E-state index in [4.69, 9.17) is 9.47 Å². The monoisotopic (exact) mass is 816 g/mol. The summed E-state index contributed by atoms with van der Waals surface area (Å²) in [6.45, 7) is 5.38. The van der Waals surface area contributed by atoms with Gasteiger partial charge in [0.05, 0.1) is 0 Å². The van der Waals surface area contributed by atoms with Gasteiger partial charge in [-0.3, -0.25) is 19.2 Å². The fraction of sp³-hybridized carbons (Fsp3) is 0.283. The Morgan fingerprint density at radius 1 is 0.678 bits per heavy atom. The molecule has 0 fully saturated rings. The molecule has 1 aromatic heterocycles. The lowest BCUT2D eigenvalue weighted by atomic mass is 9.99. The minimum Gasteiger partial charge on any atom is -0.488 e. The number of carbonyl (C=O) groups is 5. The minimum atomic E-state index is -1.35. The third-order valence-electron chi connectivity index (χ3n) is 9.54. The Hall–Kier alpha value is -6.47. The van der Waals surface area contributed by atoms with Crippen molar-refractivity contribution in [2.75, 3.05) is 6.61 Å². The fourth-order valence-electron chi connectivity index (χ4n) is 6.60. The summed E-state index contributed by atoms with van der Waals surface area (Å²) in [4.78, 5) is 69.4. The molecule has 5 N–H and O–H groups in total. The van der Waals surface area contributed by atoms with E-state index in [1.54, 1.807) is 48.5 Å². The first-order valence-electron chi connectivity index (χ1n) is 19.4. The number of aliphatic carboxylic acids is 1. The zero-order valence-corrected chi connectivity index (χ0v) is 33.9. The fourth-order valence-corrected chi connectivity index (χ4v) is 7.35. The highest BCUT2D eigenvalue weighted by Crippen LogP contribution is 2.22. The number of ether oxygens (including phenoxy) is 2. The molecule has 4 unspecified atom stereocenters. The standard InChI is InChI=1S/C46H48N4O8S/c1-46(2,3)58-35-21-15-30(16-22-35)25-38-43(53)50-40(45(55)56)26-31-13-19-34(20-14-31)57-28-41(51)47-39(27-36-10-7-23-59-36)44(54)49-37(42(52)48-38)24-29-11-17-33(18-12-29)32-8-5-4-6-9-32/h4-23,37-40H,24-28H2,1-3H3,(H,47,51)(H,48,52)(H,49,54)(H,50,53)(H,55,56). The van der Waals surface area contributed by atoms with Crippen molar-refractivity contribution in [1.29, 1.82) is 0 Å². The van der Waals surface area contributed by atoms with Gasteiger partial charge in [-0.05, 0) is 84.3 Å². The topological polar surface area (TPSA) is 172 Å². The summed E-state index contributed by atoms with van der Waals surface area (Å²) in [5.74, 6) is -2.87. The van der Waals surface area contributed by atoms with Crippen molar-refractivity contribution in [3.63, 3.8) is 0 Å². The van der Waals surface area contributed by atoms with Crippen molar-refractivity contribution in [2.24, 2.45) is 0 Å². The summed E-state index contributed by atoms with van der Waals surface area (Å²) in [6, 6.07) is 29.8. The number of rotatable bonds is 9. The minimum absolute atomic E-state index is 0.00472. The lowest BCUT2D eigenvalue weighted by Gasteiger charge is -2.26. The van der Waals surface area contributed by atoms with Crippen molar-refractivity contribution in [1.82, 2.24) is 21.3 Å². The molecule has 3 heterocycles. The number of hydrogen-bond donors (Lipinski definition) is 5. The molecule has 13 heteroatoms. The Morgan fingerprint density at radius 3 is 1.80 bits per heavy atom. The van der Waals surface area contributed by atoms with Gasteiger partial charge in [-0.15, -0.1) is 11.3 Å². The van der Waals surface area contributed by atoms with Crippen molar-refractivity contribution in [3.8, 4) is 22.6 Å². The molecule has 5 aromatic rings. The summed E-state index contributed by atoms with van der Waals surface area (Å²) in [7, 11) is 0. The SMILES string of the molecule is CC(C)(C)Oc1ccc(CC2NC(=O)C(Cc3ccc(-c4ccccc4)cc3)NC(=O)C(Cc3cccs3)NC(=O)COc3ccc(cc3)CC(C(=O)O)NC2=O)cc1. The summed E-state index contributed by atoms with van der Waals surface area (Å²) in [5, 5.41) is 23.2.